The van der Waals surface area contributed by atoms with Crippen LogP contribution in [0, 0.1) is 0 Å². The third-order valence-corrected chi connectivity index (χ3v) is 1.77. The summed E-state index contributed by atoms with van der Waals surface area (Å²) in [5.41, 5.74) is 5.53. The Morgan fingerprint density at radius 2 is 2.31 bits per heavy atom. The number of aryl methyl sites for hydroxylation is 1. The number of Topliss-reactive ketones (excluding diaryl/α,β-unsaturated/α-hetero) is 1. The van der Waals surface area contributed by atoms with Crippen molar-refractivity contribution in [3.05, 3.63) is 11.7 Å². The highest BCUT2D eigenvalue weighted by molar-refractivity contribution is 5.96. The Labute approximate surface area is 76.3 Å². The number of hydrogen-bond acceptors (Lipinski definition) is 5. The third kappa shape index (κ3) is 2.12. The van der Waals surface area contributed by atoms with Gasteiger partial charge in [-0.2, -0.15) is 4.98 Å². The van der Waals surface area contributed by atoms with E-state index in [1.807, 2.05) is 13.8 Å². The van der Waals surface area contributed by atoms with E-state index in [0.717, 1.165) is 0 Å². The zero-order valence-electron chi connectivity index (χ0n) is 7.78. The number of carbonyl (C=O) groups is 1. The van der Waals surface area contributed by atoms with E-state index < -0.39 is 6.04 Å². The summed E-state index contributed by atoms with van der Waals surface area (Å²) in [7, 11) is 0. The predicted molar refractivity (Wildman–Crippen MR) is 46.3 cm³/mol. The fourth-order valence-corrected chi connectivity index (χ4v) is 0.850. The average Bonchev–Trinajstić information content (AvgIpc) is 2.63. The normalized spacial score (nSPS) is 12.8. The molecule has 1 heterocycles. The maximum atomic E-state index is 11.4. The molecule has 0 fully saturated rings. The molecule has 0 aliphatic rings. The van der Waals surface area contributed by atoms with E-state index in [9.17, 15) is 4.79 Å². The molecule has 2 N–H and O–H groups in total. The summed E-state index contributed by atoms with van der Waals surface area (Å²) < 4.78 is 4.79. The number of nitrogens with zero attached hydrogens (tertiary/aromatic N) is 2. The van der Waals surface area contributed by atoms with Crippen molar-refractivity contribution in [2.24, 2.45) is 5.73 Å². The summed E-state index contributed by atoms with van der Waals surface area (Å²) >= 11 is 0. The van der Waals surface area contributed by atoms with E-state index in [4.69, 9.17) is 10.3 Å². The highest BCUT2D eigenvalue weighted by atomic mass is 16.5. The largest absolute Gasteiger partial charge is 0.339 e. The highest BCUT2D eigenvalue weighted by Gasteiger charge is 2.19. The Hall–Kier alpha value is -1.23. The van der Waals surface area contributed by atoms with Gasteiger partial charge < -0.3 is 10.3 Å². The molecule has 1 atom stereocenters. The van der Waals surface area contributed by atoms with Gasteiger partial charge in [-0.25, -0.2) is 0 Å². The van der Waals surface area contributed by atoms with Crippen LogP contribution in [0.25, 0.3) is 0 Å². The van der Waals surface area contributed by atoms with Gasteiger partial charge in [-0.15, -0.1) is 0 Å². The second-order valence-corrected chi connectivity index (χ2v) is 2.74. The standard InChI is InChI=1S/C8H13N3O2/c1-3-5(9)7(12)8-10-6(4-2)13-11-8/h5H,3-4,9H2,1-2H3. The number of hydrogen-bond donors (Lipinski definition) is 1. The second kappa shape index (κ2) is 4.13. The molecule has 72 valence electrons. The van der Waals surface area contributed by atoms with E-state index in [1.54, 1.807) is 0 Å². The van der Waals surface area contributed by atoms with Crippen molar-refractivity contribution < 1.29 is 9.32 Å². The van der Waals surface area contributed by atoms with E-state index in [2.05, 4.69) is 10.1 Å². The Kier molecular flexibility index (Phi) is 3.13. The van der Waals surface area contributed by atoms with Gasteiger partial charge in [-0.1, -0.05) is 19.0 Å². The molecule has 1 unspecified atom stereocenters. The minimum Gasteiger partial charge on any atom is -0.339 e. The van der Waals surface area contributed by atoms with Crippen molar-refractivity contribution in [2.45, 2.75) is 32.7 Å². The molecule has 0 spiro atoms. The molecule has 1 rings (SSSR count). The van der Waals surface area contributed by atoms with Gasteiger partial charge >= 0.3 is 0 Å². The molecule has 0 bridgehead atoms. The predicted octanol–water partition coefficient (Wildman–Crippen LogP) is 0.552. The van der Waals surface area contributed by atoms with Crippen LogP contribution >= 0.6 is 0 Å². The quantitative estimate of drug-likeness (QED) is 0.689. The number of nitrogens with two attached hydrogens (primary N) is 1. The van der Waals surface area contributed by atoms with Crippen LogP contribution in [0.4, 0.5) is 0 Å². The van der Waals surface area contributed by atoms with E-state index in [-0.39, 0.29) is 11.6 Å². The van der Waals surface area contributed by atoms with E-state index >= 15 is 0 Å². The molecule has 0 saturated carbocycles. The van der Waals surface area contributed by atoms with Crippen molar-refractivity contribution in [2.75, 3.05) is 0 Å². The summed E-state index contributed by atoms with van der Waals surface area (Å²) in [4.78, 5) is 15.3. The van der Waals surface area contributed by atoms with Crippen LogP contribution in [0.15, 0.2) is 4.52 Å². The molecule has 0 aromatic carbocycles. The molecule has 5 heteroatoms. The monoisotopic (exact) mass is 183 g/mol. The summed E-state index contributed by atoms with van der Waals surface area (Å²) in [5, 5.41) is 3.54. The molecule has 13 heavy (non-hydrogen) atoms. The van der Waals surface area contributed by atoms with Gasteiger partial charge in [-0.05, 0) is 6.42 Å². The van der Waals surface area contributed by atoms with Gasteiger partial charge in [0.1, 0.15) is 0 Å². The minimum atomic E-state index is -0.526. The number of aromatic nitrogens is 2. The van der Waals surface area contributed by atoms with Crippen molar-refractivity contribution in [1.29, 1.82) is 0 Å². The SMILES string of the molecule is CCc1nc(C(=O)C(N)CC)no1. The molecular formula is C8H13N3O2. The zero-order chi connectivity index (χ0) is 9.84. The molecule has 0 amide bonds. The summed E-state index contributed by atoms with van der Waals surface area (Å²) in [6.45, 7) is 3.71. The maximum Gasteiger partial charge on any atom is 0.240 e. The topological polar surface area (TPSA) is 82.0 Å². The van der Waals surface area contributed by atoms with Gasteiger partial charge in [0.15, 0.2) is 0 Å². The third-order valence-electron chi connectivity index (χ3n) is 1.77. The van der Waals surface area contributed by atoms with Crippen LogP contribution in [-0.4, -0.2) is 22.0 Å². The molecule has 0 radical (unpaired) electrons. The van der Waals surface area contributed by atoms with Crippen molar-refractivity contribution in [3.63, 3.8) is 0 Å². The van der Waals surface area contributed by atoms with E-state index in [0.29, 0.717) is 18.7 Å². The van der Waals surface area contributed by atoms with Crippen LogP contribution in [0.5, 0.6) is 0 Å². The second-order valence-electron chi connectivity index (χ2n) is 2.74. The number of carbonyl (C=O) groups excluding carboxylic acids is 1. The Balaban J connectivity index is 2.77. The maximum absolute atomic E-state index is 11.4. The van der Waals surface area contributed by atoms with Gasteiger partial charge in [0.25, 0.3) is 0 Å². The highest BCUT2D eigenvalue weighted by Crippen LogP contribution is 2.02. The summed E-state index contributed by atoms with van der Waals surface area (Å²) in [6.07, 6.45) is 1.20. The van der Waals surface area contributed by atoms with Crippen LogP contribution in [-0.2, 0) is 6.42 Å². The molecular weight excluding hydrogens is 170 g/mol. The summed E-state index contributed by atoms with van der Waals surface area (Å²) in [6, 6.07) is -0.526. The molecule has 0 saturated heterocycles. The van der Waals surface area contributed by atoms with Crippen molar-refractivity contribution in [3.8, 4) is 0 Å². The Morgan fingerprint density at radius 3 is 2.77 bits per heavy atom. The lowest BCUT2D eigenvalue weighted by Crippen LogP contribution is -2.30. The average molecular weight is 183 g/mol. The zero-order valence-corrected chi connectivity index (χ0v) is 7.78. The number of rotatable bonds is 4. The number of ketones is 1. The van der Waals surface area contributed by atoms with E-state index in [1.165, 1.54) is 0 Å². The first kappa shape index (κ1) is 9.85. The molecule has 1 aromatic rings. The fraction of sp³-hybridized carbons (Fsp3) is 0.625. The molecule has 1 aromatic heterocycles. The van der Waals surface area contributed by atoms with Crippen LogP contribution in [0.1, 0.15) is 36.8 Å². The Bertz CT molecular complexity index is 295. The smallest absolute Gasteiger partial charge is 0.240 e. The molecule has 0 aliphatic heterocycles. The van der Waals surface area contributed by atoms with Crippen molar-refractivity contribution >= 4 is 5.78 Å². The summed E-state index contributed by atoms with van der Waals surface area (Å²) in [5.74, 6) is 0.295. The van der Waals surface area contributed by atoms with Gasteiger partial charge in [0, 0.05) is 6.42 Å². The van der Waals surface area contributed by atoms with Gasteiger partial charge in [-0.3, -0.25) is 4.79 Å². The lowest BCUT2D eigenvalue weighted by Gasteiger charge is -2.01. The van der Waals surface area contributed by atoms with Gasteiger partial charge in [0.05, 0.1) is 6.04 Å². The first-order valence-corrected chi connectivity index (χ1v) is 4.31. The first-order valence-electron chi connectivity index (χ1n) is 4.31. The minimum absolute atomic E-state index is 0.0891. The van der Waals surface area contributed by atoms with Crippen LogP contribution in [0.2, 0.25) is 0 Å². The van der Waals surface area contributed by atoms with Crippen molar-refractivity contribution in [1.82, 2.24) is 10.1 Å². The first-order chi connectivity index (χ1) is 6.19. The molecule has 5 nitrogen and oxygen atoms in total. The van der Waals surface area contributed by atoms with Crippen LogP contribution < -0.4 is 5.73 Å². The lowest BCUT2D eigenvalue weighted by molar-refractivity contribution is 0.0946. The van der Waals surface area contributed by atoms with Gasteiger partial charge in [0.2, 0.25) is 17.5 Å². The van der Waals surface area contributed by atoms with Crippen LogP contribution in [0.3, 0.4) is 0 Å². The Morgan fingerprint density at radius 1 is 1.62 bits per heavy atom. The fourth-order valence-electron chi connectivity index (χ4n) is 0.850. The lowest BCUT2D eigenvalue weighted by atomic mass is 10.1. The molecule has 0 aliphatic carbocycles.